The highest BCUT2D eigenvalue weighted by Gasteiger charge is 2.46. The van der Waals surface area contributed by atoms with Gasteiger partial charge in [-0.2, -0.15) is 0 Å². The van der Waals surface area contributed by atoms with Crippen LogP contribution in [0.3, 0.4) is 0 Å². The van der Waals surface area contributed by atoms with E-state index >= 15 is 0 Å². The number of H-pyrrole nitrogens is 2. The van der Waals surface area contributed by atoms with Gasteiger partial charge in [0.2, 0.25) is 0 Å². The smallest absolute Gasteiger partial charge is 0.321 e. The molecular formula is C37H36N4O3. The predicted octanol–water partition coefficient (Wildman–Crippen LogP) is 6.03. The van der Waals surface area contributed by atoms with Crippen LogP contribution in [0.15, 0.2) is 122 Å². The van der Waals surface area contributed by atoms with Gasteiger partial charge < -0.3 is 30.0 Å². The number of rotatable bonds is 8. The number of benzene rings is 4. The summed E-state index contributed by atoms with van der Waals surface area (Å²) < 4.78 is 0. The number of carbonyl (C=O) groups excluding carboxylic acids is 1. The molecule has 3 heterocycles. The number of aliphatic hydroxyl groups excluding tert-OH is 2. The van der Waals surface area contributed by atoms with Gasteiger partial charge >= 0.3 is 6.03 Å². The Hall–Kier alpha value is -4.85. The summed E-state index contributed by atoms with van der Waals surface area (Å²) in [7, 11) is 0. The van der Waals surface area contributed by atoms with Crippen LogP contribution in [0.2, 0.25) is 0 Å². The number of amides is 2. The summed E-state index contributed by atoms with van der Waals surface area (Å²) in [5.74, 6) is 0. The minimum Gasteiger partial charge on any atom is -0.388 e. The molecule has 7 heteroatoms. The number of nitrogens with one attached hydrogen (secondary N) is 2. The lowest BCUT2D eigenvalue weighted by molar-refractivity contribution is -0.0407. The number of para-hydroxylation sites is 2. The first-order valence-electron chi connectivity index (χ1n) is 15.2. The predicted molar refractivity (Wildman–Crippen MR) is 173 cm³/mol. The maximum absolute atomic E-state index is 14.9. The van der Waals surface area contributed by atoms with Crippen molar-refractivity contribution in [2.45, 2.75) is 50.2 Å². The van der Waals surface area contributed by atoms with Crippen LogP contribution in [0.25, 0.3) is 21.8 Å². The normalized spacial score (nSPS) is 20.8. The zero-order valence-corrected chi connectivity index (χ0v) is 24.4. The largest absolute Gasteiger partial charge is 0.388 e. The molecule has 222 valence electrons. The fraction of sp³-hybridized carbons (Fsp3) is 0.216. The number of aromatic amines is 2. The number of carbonyl (C=O) groups is 1. The van der Waals surface area contributed by atoms with Crippen LogP contribution in [-0.2, 0) is 25.9 Å². The maximum Gasteiger partial charge on any atom is 0.321 e. The van der Waals surface area contributed by atoms with Gasteiger partial charge in [-0.05, 0) is 47.2 Å². The van der Waals surface area contributed by atoms with E-state index in [1.807, 2.05) is 122 Å². The monoisotopic (exact) mass is 584 g/mol. The van der Waals surface area contributed by atoms with Crippen molar-refractivity contribution in [1.82, 2.24) is 19.8 Å². The molecule has 1 fully saturated rings. The van der Waals surface area contributed by atoms with Gasteiger partial charge in [0.1, 0.15) is 12.2 Å². The fourth-order valence-corrected chi connectivity index (χ4v) is 6.72. The summed E-state index contributed by atoms with van der Waals surface area (Å²) in [4.78, 5) is 25.1. The molecule has 7 rings (SSSR count). The summed E-state index contributed by atoms with van der Waals surface area (Å²) in [6, 6.07) is 34.3. The Kier molecular flexibility index (Phi) is 7.64. The Morgan fingerprint density at radius 3 is 1.36 bits per heavy atom. The van der Waals surface area contributed by atoms with E-state index in [9.17, 15) is 15.0 Å². The van der Waals surface area contributed by atoms with Crippen molar-refractivity contribution in [3.8, 4) is 0 Å². The van der Waals surface area contributed by atoms with Crippen molar-refractivity contribution in [3.63, 3.8) is 0 Å². The van der Waals surface area contributed by atoms with E-state index < -0.39 is 24.3 Å². The zero-order valence-electron chi connectivity index (χ0n) is 24.4. The number of aromatic nitrogens is 2. The van der Waals surface area contributed by atoms with Crippen molar-refractivity contribution >= 4 is 27.8 Å². The van der Waals surface area contributed by atoms with E-state index in [4.69, 9.17) is 0 Å². The lowest BCUT2D eigenvalue weighted by atomic mass is 9.90. The van der Waals surface area contributed by atoms with E-state index in [0.717, 1.165) is 44.1 Å². The molecule has 7 nitrogen and oxygen atoms in total. The third kappa shape index (κ3) is 5.36. The molecule has 0 spiro atoms. The minimum atomic E-state index is -1.19. The molecule has 0 radical (unpaired) electrons. The van der Waals surface area contributed by atoms with Crippen LogP contribution in [0.4, 0.5) is 4.79 Å². The molecule has 2 amide bonds. The fourth-order valence-electron chi connectivity index (χ4n) is 6.72. The molecule has 1 saturated heterocycles. The molecule has 4 N–H and O–H groups in total. The SMILES string of the molecule is O=C1N(Cc2ccccc2)[C@H](Cc2c[nH]c3ccccc23)[C@H](O)[C@@H](O)[C@@H](Cc2c[nH]c3ccccc23)N1Cc1ccccc1. The van der Waals surface area contributed by atoms with Crippen LogP contribution in [0.5, 0.6) is 0 Å². The van der Waals surface area contributed by atoms with Gasteiger partial charge in [-0.15, -0.1) is 0 Å². The number of hydrogen-bond acceptors (Lipinski definition) is 3. The molecule has 0 saturated carbocycles. The van der Waals surface area contributed by atoms with Crippen LogP contribution < -0.4 is 0 Å². The van der Waals surface area contributed by atoms with Gasteiger partial charge in [0.05, 0.1) is 12.1 Å². The summed E-state index contributed by atoms with van der Waals surface area (Å²) in [6.45, 7) is 0.614. The zero-order chi connectivity index (χ0) is 30.0. The molecule has 0 aliphatic carbocycles. The van der Waals surface area contributed by atoms with Crippen LogP contribution in [0.1, 0.15) is 22.3 Å². The molecule has 0 unspecified atom stereocenters. The van der Waals surface area contributed by atoms with Gasteiger partial charge in [-0.3, -0.25) is 0 Å². The van der Waals surface area contributed by atoms with Crippen LogP contribution >= 0.6 is 0 Å². The molecule has 6 aromatic rings. The summed E-state index contributed by atoms with van der Waals surface area (Å²) >= 11 is 0. The number of urea groups is 1. The van der Waals surface area contributed by atoms with Gasteiger partial charge in [0.15, 0.2) is 0 Å². The van der Waals surface area contributed by atoms with Crippen molar-refractivity contribution in [2.24, 2.45) is 0 Å². The Balaban J connectivity index is 1.33. The maximum atomic E-state index is 14.9. The topological polar surface area (TPSA) is 95.6 Å². The highest BCUT2D eigenvalue weighted by Crippen LogP contribution is 2.32. The Bertz CT molecular complexity index is 1730. The Morgan fingerprint density at radius 2 is 0.932 bits per heavy atom. The van der Waals surface area contributed by atoms with Crippen LogP contribution in [-0.4, -0.2) is 60.3 Å². The molecule has 1 aliphatic rings. The van der Waals surface area contributed by atoms with E-state index in [0.29, 0.717) is 25.9 Å². The second kappa shape index (κ2) is 12.0. The van der Waals surface area contributed by atoms with Gasteiger partial charge in [-0.1, -0.05) is 97.1 Å². The third-order valence-electron chi connectivity index (χ3n) is 9.03. The average Bonchev–Trinajstić information content (AvgIpc) is 3.67. The summed E-state index contributed by atoms with van der Waals surface area (Å²) in [6.07, 6.45) is 2.30. The Morgan fingerprint density at radius 1 is 0.545 bits per heavy atom. The molecule has 44 heavy (non-hydrogen) atoms. The van der Waals surface area contributed by atoms with Gasteiger partial charge in [0, 0.05) is 47.3 Å². The summed E-state index contributed by atoms with van der Waals surface area (Å²) in [5, 5.41) is 26.2. The molecule has 4 aromatic carbocycles. The molecular weight excluding hydrogens is 548 g/mol. The Labute approximate surface area is 256 Å². The van der Waals surface area contributed by atoms with E-state index in [-0.39, 0.29) is 6.03 Å². The second-order valence-corrected chi connectivity index (χ2v) is 11.8. The average molecular weight is 585 g/mol. The van der Waals surface area contributed by atoms with E-state index in [2.05, 4.69) is 9.97 Å². The third-order valence-corrected chi connectivity index (χ3v) is 9.03. The lowest BCUT2D eigenvalue weighted by Crippen LogP contribution is -2.50. The first-order valence-corrected chi connectivity index (χ1v) is 15.2. The molecule has 1 aliphatic heterocycles. The second-order valence-electron chi connectivity index (χ2n) is 11.8. The van der Waals surface area contributed by atoms with Crippen molar-refractivity contribution in [2.75, 3.05) is 0 Å². The van der Waals surface area contributed by atoms with Gasteiger partial charge in [-0.25, -0.2) is 4.79 Å². The standard InChI is InChI=1S/C37H36N4O3/c42-35-33(19-27-21-38-31-17-9-7-15-29(27)31)40(23-25-11-3-1-4-12-25)37(44)41(24-26-13-5-2-6-14-26)34(36(35)43)20-28-22-39-32-18-10-8-16-30(28)32/h1-18,21-22,33-36,38-39,42-43H,19-20,23-24H2/t33-,34-,35+,36+/m1/s1. The minimum absolute atomic E-state index is 0.206. The van der Waals surface area contributed by atoms with Crippen molar-refractivity contribution < 1.29 is 15.0 Å². The summed E-state index contributed by atoms with van der Waals surface area (Å²) in [5.41, 5.74) is 5.90. The molecule has 2 aromatic heterocycles. The lowest BCUT2D eigenvalue weighted by Gasteiger charge is -2.35. The number of hydrogen-bond donors (Lipinski definition) is 4. The van der Waals surface area contributed by atoms with Crippen LogP contribution in [0, 0.1) is 0 Å². The van der Waals surface area contributed by atoms with Gasteiger partial charge in [0.25, 0.3) is 0 Å². The van der Waals surface area contributed by atoms with E-state index in [1.54, 1.807) is 9.80 Å². The first kappa shape index (κ1) is 28.0. The van der Waals surface area contributed by atoms with Crippen molar-refractivity contribution in [3.05, 3.63) is 144 Å². The number of aliphatic hydroxyl groups is 2. The first-order chi connectivity index (χ1) is 21.6. The van der Waals surface area contributed by atoms with E-state index in [1.165, 1.54) is 0 Å². The highest BCUT2D eigenvalue weighted by molar-refractivity contribution is 5.84. The molecule has 0 bridgehead atoms. The molecule has 4 atom stereocenters. The number of nitrogens with zero attached hydrogens (tertiary/aromatic N) is 2. The van der Waals surface area contributed by atoms with Crippen molar-refractivity contribution in [1.29, 1.82) is 0 Å². The highest BCUT2D eigenvalue weighted by atomic mass is 16.3. The number of fused-ring (bicyclic) bond motifs is 2. The quantitative estimate of drug-likeness (QED) is 0.176.